The van der Waals surface area contributed by atoms with Crippen LogP contribution in [0.5, 0.6) is 0 Å². The molecule has 1 amide bonds. The van der Waals surface area contributed by atoms with E-state index in [4.69, 9.17) is 0 Å². The minimum Gasteiger partial charge on any atom is -0.353 e. The lowest BCUT2D eigenvalue weighted by Crippen LogP contribution is -2.42. The van der Waals surface area contributed by atoms with Crippen LogP contribution in [0, 0.1) is 5.92 Å². The Kier molecular flexibility index (Phi) is 6.09. The highest BCUT2D eigenvalue weighted by atomic mass is 16.1. The van der Waals surface area contributed by atoms with Crippen LogP contribution in [0.4, 0.5) is 0 Å². The summed E-state index contributed by atoms with van der Waals surface area (Å²) in [5.74, 6) is 0.442. The van der Waals surface area contributed by atoms with Gasteiger partial charge in [0.1, 0.15) is 0 Å². The molecule has 0 saturated heterocycles. The summed E-state index contributed by atoms with van der Waals surface area (Å²) in [5.41, 5.74) is 1.30. The molecule has 3 nitrogen and oxygen atoms in total. The normalized spacial score (nSPS) is 21.8. The first kappa shape index (κ1) is 17.9. The van der Waals surface area contributed by atoms with Crippen molar-refractivity contribution < 1.29 is 4.79 Å². The number of amides is 1. The summed E-state index contributed by atoms with van der Waals surface area (Å²) < 4.78 is 0. The smallest absolute Gasteiger partial charge is 0.223 e. The summed E-state index contributed by atoms with van der Waals surface area (Å²) in [6.45, 7) is 2.16. The van der Waals surface area contributed by atoms with Gasteiger partial charge in [-0.3, -0.25) is 4.79 Å². The molecule has 3 heteroatoms. The van der Waals surface area contributed by atoms with E-state index in [0.29, 0.717) is 6.04 Å². The molecule has 2 aromatic carbocycles. The Morgan fingerprint density at radius 2 is 1.80 bits per heavy atom. The minimum absolute atomic E-state index is 0.190. The fraction of sp³-hybridized carbons (Fsp3) is 0.500. The molecule has 0 aromatic heterocycles. The van der Waals surface area contributed by atoms with Gasteiger partial charge in [0, 0.05) is 18.0 Å². The first-order valence-corrected chi connectivity index (χ1v) is 9.65. The van der Waals surface area contributed by atoms with Gasteiger partial charge in [0.25, 0.3) is 0 Å². The van der Waals surface area contributed by atoms with Gasteiger partial charge >= 0.3 is 0 Å². The van der Waals surface area contributed by atoms with Crippen molar-refractivity contribution in [2.45, 2.75) is 57.5 Å². The Morgan fingerprint density at radius 1 is 1.08 bits per heavy atom. The van der Waals surface area contributed by atoms with E-state index in [0.717, 1.165) is 38.5 Å². The van der Waals surface area contributed by atoms with Crippen molar-refractivity contribution in [1.29, 1.82) is 0 Å². The molecule has 1 atom stereocenters. The van der Waals surface area contributed by atoms with Crippen LogP contribution in [0.3, 0.4) is 0 Å². The predicted molar refractivity (Wildman–Crippen MR) is 105 cm³/mol. The molecule has 0 heterocycles. The fourth-order valence-corrected chi connectivity index (χ4v) is 3.91. The Bertz CT molecular complexity index is 704. The highest BCUT2D eigenvalue weighted by Gasteiger charge is 2.26. The fourth-order valence-electron chi connectivity index (χ4n) is 3.91. The minimum atomic E-state index is 0.190. The van der Waals surface area contributed by atoms with E-state index in [1.165, 1.54) is 16.3 Å². The Hall–Kier alpha value is -1.87. The maximum atomic E-state index is 12.6. The van der Waals surface area contributed by atoms with Gasteiger partial charge in [0.05, 0.1) is 0 Å². The van der Waals surface area contributed by atoms with Gasteiger partial charge in [0.15, 0.2) is 0 Å². The van der Waals surface area contributed by atoms with Crippen molar-refractivity contribution in [2.24, 2.45) is 5.92 Å². The van der Waals surface area contributed by atoms with Crippen molar-refractivity contribution in [3.8, 4) is 0 Å². The lowest BCUT2D eigenvalue weighted by atomic mass is 9.85. The molecule has 3 rings (SSSR count). The first-order chi connectivity index (χ1) is 12.2. The number of hydrogen-bond donors (Lipinski definition) is 2. The van der Waals surface area contributed by atoms with Crippen molar-refractivity contribution in [2.75, 3.05) is 7.05 Å². The molecule has 0 aliphatic heterocycles. The maximum absolute atomic E-state index is 12.6. The average molecular weight is 338 g/mol. The van der Waals surface area contributed by atoms with Crippen LogP contribution in [0.2, 0.25) is 0 Å². The summed E-state index contributed by atoms with van der Waals surface area (Å²) in [6.07, 6.45) is 6.09. The van der Waals surface area contributed by atoms with E-state index < -0.39 is 0 Å². The third kappa shape index (κ3) is 4.60. The molecule has 134 valence electrons. The molecule has 0 radical (unpaired) electrons. The highest BCUT2D eigenvalue weighted by molar-refractivity contribution is 5.83. The zero-order valence-corrected chi connectivity index (χ0v) is 15.4. The third-order valence-corrected chi connectivity index (χ3v) is 5.64. The second kappa shape index (κ2) is 8.48. The van der Waals surface area contributed by atoms with Crippen LogP contribution in [-0.4, -0.2) is 25.0 Å². The summed E-state index contributed by atoms with van der Waals surface area (Å²) in [5, 5.41) is 9.18. The van der Waals surface area contributed by atoms with Gasteiger partial charge in [-0.05, 0) is 61.9 Å². The molecular weight excluding hydrogens is 308 g/mol. The van der Waals surface area contributed by atoms with Crippen LogP contribution < -0.4 is 10.6 Å². The SMILES string of the molecule is CC[C@H](Cc1ccc2ccccc2c1)NC(=O)C1CCC(NC)CC1. The Morgan fingerprint density at radius 3 is 2.48 bits per heavy atom. The zero-order valence-electron chi connectivity index (χ0n) is 15.4. The molecule has 2 aromatic rings. The topological polar surface area (TPSA) is 41.1 Å². The van der Waals surface area contributed by atoms with Gasteiger partial charge in [-0.1, -0.05) is 49.4 Å². The maximum Gasteiger partial charge on any atom is 0.223 e. The van der Waals surface area contributed by atoms with E-state index in [2.05, 4.69) is 60.0 Å². The lowest BCUT2D eigenvalue weighted by molar-refractivity contribution is -0.126. The first-order valence-electron chi connectivity index (χ1n) is 9.65. The standard InChI is InChI=1S/C22H30N2O/c1-3-20(24-22(25)18-10-12-21(23-2)13-11-18)15-16-8-9-17-6-4-5-7-19(17)14-16/h4-9,14,18,20-21,23H,3,10-13,15H2,1-2H3,(H,24,25)/t18?,20-,21?/m1/s1. The predicted octanol–water partition coefficient (Wildman–Crippen LogP) is 4.06. The van der Waals surface area contributed by atoms with E-state index in [1.54, 1.807) is 0 Å². The summed E-state index contributed by atoms with van der Waals surface area (Å²) in [6, 6.07) is 15.9. The zero-order chi connectivity index (χ0) is 17.6. The second-order valence-electron chi connectivity index (χ2n) is 7.34. The molecular formula is C22H30N2O. The van der Waals surface area contributed by atoms with Gasteiger partial charge < -0.3 is 10.6 Å². The van der Waals surface area contributed by atoms with E-state index in [1.807, 2.05) is 7.05 Å². The quantitative estimate of drug-likeness (QED) is 0.834. The number of benzene rings is 2. The molecule has 2 N–H and O–H groups in total. The van der Waals surface area contributed by atoms with Gasteiger partial charge in [0.2, 0.25) is 5.91 Å². The summed E-state index contributed by atoms with van der Waals surface area (Å²) >= 11 is 0. The van der Waals surface area contributed by atoms with Crippen molar-refractivity contribution in [3.05, 3.63) is 48.0 Å². The van der Waals surface area contributed by atoms with Crippen molar-refractivity contribution in [3.63, 3.8) is 0 Å². The van der Waals surface area contributed by atoms with E-state index >= 15 is 0 Å². The molecule has 1 aliphatic rings. The van der Waals surface area contributed by atoms with Crippen molar-refractivity contribution in [1.82, 2.24) is 10.6 Å². The average Bonchev–Trinajstić information content (AvgIpc) is 2.67. The van der Waals surface area contributed by atoms with Gasteiger partial charge in [-0.25, -0.2) is 0 Å². The lowest BCUT2D eigenvalue weighted by Gasteiger charge is -2.29. The van der Waals surface area contributed by atoms with Gasteiger partial charge in [-0.2, -0.15) is 0 Å². The van der Waals surface area contributed by atoms with Gasteiger partial charge in [-0.15, -0.1) is 0 Å². The number of fused-ring (bicyclic) bond motifs is 1. The van der Waals surface area contributed by atoms with Crippen LogP contribution in [0.25, 0.3) is 10.8 Å². The van der Waals surface area contributed by atoms with E-state index in [9.17, 15) is 4.79 Å². The van der Waals surface area contributed by atoms with Crippen LogP contribution >= 0.6 is 0 Å². The summed E-state index contributed by atoms with van der Waals surface area (Å²) in [7, 11) is 2.02. The molecule has 1 saturated carbocycles. The second-order valence-corrected chi connectivity index (χ2v) is 7.34. The number of nitrogens with one attached hydrogen (secondary N) is 2. The molecule has 0 spiro atoms. The molecule has 1 fully saturated rings. The number of carbonyl (C=O) groups excluding carboxylic acids is 1. The molecule has 1 aliphatic carbocycles. The summed E-state index contributed by atoms with van der Waals surface area (Å²) in [4.78, 5) is 12.6. The molecule has 0 unspecified atom stereocenters. The highest BCUT2D eigenvalue weighted by Crippen LogP contribution is 2.25. The van der Waals surface area contributed by atoms with E-state index in [-0.39, 0.29) is 17.9 Å². The largest absolute Gasteiger partial charge is 0.353 e. The van der Waals surface area contributed by atoms with Crippen LogP contribution in [-0.2, 0) is 11.2 Å². The number of rotatable bonds is 6. The van der Waals surface area contributed by atoms with Crippen molar-refractivity contribution >= 4 is 16.7 Å². The number of hydrogen-bond acceptors (Lipinski definition) is 2. The Labute approximate surface area is 151 Å². The Balaban J connectivity index is 1.59. The molecule has 25 heavy (non-hydrogen) atoms. The van der Waals surface area contributed by atoms with Crippen LogP contribution in [0.1, 0.15) is 44.6 Å². The third-order valence-electron chi connectivity index (χ3n) is 5.64. The van der Waals surface area contributed by atoms with Crippen LogP contribution in [0.15, 0.2) is 42.5 Å². The molecule has 0 bridgehead atoms. The number of carbonyl (C=O) groups is 1. The monoisotopic (exact) mass is 338 g/mol.